The van der Waals surface area contributed by atoms with Gasteiger partial charge in [0.05, 0.1) is 10.5 Å². The van der Waals surface area contributed by atoms with Gasteiger partial charge in [-0.05, 0) is 17.5 Å². The summed E-state index contributed by atoms with van der Waals surface area (Å²) >= 11 is 1.42. The zero-order chi connectivity index (χ0) is 18.0. The topological polar surface area (TPSA) is 101 Å². The predicted molar refractivity (Wildman–Crippen MR) is 92.1 cm³/mol. The van der Waals surface area contributed by atoms with Gasteiger partial charge in [-0.2, -0.15) is 15.6 Å². The summed E-state index contributed by atoms with van der Waals surface area (Å²) in [6.07, 6.45) is 0. The van der Waals surface area contributed by atoms with E-state index in [2.05, 4.69) is 0 Å². The molecule has 1 aromatic heterocycles. The number of rotatable bonds is 4. The first-order valence-electron chi connectivity index (χ1n) is 7.46. The van der Waals surface area contributed by atoms with E-state index in [9.17, 15) is 23.3 Å². The number of nitro benzene ring substituents is 1. The van der Waals surface area contributed by atoms with Crippen LogP contribution in [0.3, 0.4) is 0 Å². The highest BCUT2D eigenvalue weighted by Gasteiger charge is 2.34. The number of carbonyl (C=O) groups is 1. The molecular formula is C15H15N3O5S2. The average Bonchev–Trinajstić information content (AvgIpc) is 3.16. The Labute approximate surface area is 148 Å². The molecule has 1 aliphatic rings. The first-order valence-corrected chi connectivity index (χ1v) is 9.84. The normalized spacial score (nSPS) is 15.9. The van der Waals surface area contributed by atoms with Gasteiger partial charge in [-0.15, -0.1) is 0 Å². The zero-order valence-electron chi connectivity index (χ0n) is 13.1. The Morgan fingerprint density at radius 3 is 2.40 bits per heavy atom. The molecule has 1 saturated heterocycles. The monoisotopic (exact) mass is 381 g/mol. The highest BCUT2D eigenvalue weighted by Crippen LogP contribution is 2.27. The van der Waals surface area contributed by atoms with Gasteiger partial charge in [-0.3, -0.25) is 14.9 Å². The molecule has 0 unspecified atom stereocenters. The molecular weight excluding hydrogens is 366 g/mol. The highest BCUT2D eigenvalue weighted by atomic mass is 32.2. The first kappa shape index (κ1) is 17.5. The van der Waals surface area contributed by atoms with Crippen LogP contribution in [0.25, 0.3) is 0 Å². The highest BCUT2D eigenvalue weighted by molar-refractivity contribution is 7.89. The van der Waals surface area contributed by atoms with Crippen LogP contribution in [-0.4, -0.2) is 54.6 Å². The molecule has 1 aliphatic heterocycles. The Kier molecular flexibility index (Phi) is 4.84. The zero-order valence-corrected chi connectivity index (χ0v) is 14.7. The minimum atomic E-state index is -3.98. The number of hydrogen-bond acceptors (Lipinski definition) is 6. The molecule has 2 aromatic rings. The molecule has 0 spiro atoms. The SMILES string of the molecule is O=C(c1ccsc1)N1CCN(S(=O)(=O)c2ccccc2[N+](=O)[O-])CC1. The van der Waals surface area contributed by atoms with Crippen molar-refractivity contribution >= 4 is 33.0 Å². The number of benzene rings is 1. The summed E-state index contributed by atoms with van der Waals surface area (Å²) in [5.41, 5.74) is 0.138. The van der Waals surface area contributed by atoms with Crippen LogP contribution in [0.15, 0.2) is 46.0 Å². The number of sulfonamides is 1. The van der Waals surface area contributed by atoms with E-state index in [4.69, 9.17) is 0 Å². The third-order valence-electron chi connectivity index (χ3n) is 3.97. The van der Waals surface area contributed by atoms with Crippen molar-refractivity contribution in [2.45, 2.75) is 4.90 Å². The third-order valence-corrected chi connectivity index (χ3v) is 6.60. The van der Waals surface area contributed by atoms with Gasteiger partial charge in [0.15, 0.2) is 4.90 Å². The molecule has 0 bridgehead atoms. The molecule has 8 nitrogen and oxygen atoms in total. The Morgan fingerprint density at radius 2 is 1.80 bits per heavy atom. The van der Waals surface area contributed by atoms with E-state index in [-0.39, 0.29) is 37.0 Å². The van der Waals surface area contributed by atoms with Crippen LogP contribution in [0.1, 0.15) is 10.4 Å². The summed E-state index contributed by atoms with van der Waals surface area (Å²) in [5, 5.41) is 14.7. The number of hydrogen-bond donors (Lipinski definition) is 0. The molecule has 0 radical (unpaired) electrons. The van der Waals surface area contributed by atoms with E-state index >= 15 is 0 Å². The molecule has 0 aliphatic carbocycles. The minimum absolute atomic E-state index is 0.101. The van der Waals surface area contributed by atoms with Crippen LogP contribution in [-0.2, 0) is 10.0 Å². The van der Waals surface area contributed by atoms with Gasteiger partial charge in [0, 0.05) is 37.6 Å². The Balaban J connectivity index is 1.76. The van der Waals surface area contributed by atoms with E-state index in [1.807, 2.05) is 5.38 Å². The first-order chi connectivity index (χ1) is 11.9. The molecule has 0 atom stereocenters. The second-order valence-corrected chi connectivity index (χ2v) is 8.12. The van der Waals surface area contributed by atoms with E-state index in [1.54, 1.807) is 16.3 Å². The van der Waals surface area contributed by atoms with Crippen LogP contribution in [0.4, 0.5) is 5.69 Å². The largest absolute Gasteiger partial charge is 0.336 e. The predicted octanol–water partition coefficient (Wildman–Crippen LogP) is 1.80. The van der Waals surface area contributed by atoms with Crippen molar-refractivity contribution in [1.29, 1.82) is 0 Å². The van der Waals surface area contributed by atoms with Crippen molar-refractivity contribution in [2.75, 3.05) is 26.2 Å². The van der Waals surface area contributed by atoms with Crippen LogP contribution < -0.4 is 0 Å². The average molecular weight is 381 g/mol. The van der Waals surface area contributed by atoms with Crippen molar-refractivity contribution in [3.63, 3.8) is 0 Å². The fourth-order valence-corrected chi connectivity index (χ4v) is 4.87. The minimum Gasteiger partial charge on any atom is -0.336 e. The summed E-state index contributed by atoms with van der Waals surface area (Å²) in [6, 6.07) is 7.01. The number of amides is 1. The Hall–Kier alpha value is -2.30. The number of nitro groups is 1. The lowest BCUT2D eigenvalue weighted by atomic mass is 10.2. The van der Waals surface area contributed by atoms with E-state index in [1.165, 1.54) is 39.9 Å². The summed E-state index contributed by atoms with van der Waals surface area (Å²) in [7, 11) is -3.98. The smallest absolute Gasteiger partial charge is 0.289 e. The van der Waals surface area contributed by atoms with Gasteiger partial charge < -0.3 is 4.90 Å². The van der Waals surface area contributed by atoms with Crippen molar-refractivity contribution in [3.05, 3.63) is 56.8 Å². The number of para-hydroxylation sites is 1. The molecule has 2 heterocycles. The van der Waals surface area contributed by atoms with Crippen molar-refractivity contribution in [3.8, 4) is 0 Å². The molecule has 0 N–H and O–H groups in total. The summed E-state index contributed by atoms with van der Waals surface area (Å²) in [6.45, 7) is 0.692. The molecule has 0 saturated carbocycles. The number of piperazine rings is 1. The molecule has 132 valence electrons. The van der Waals surface area contributed by atoms with Gasteiger partial charge in [-0.25, -0.2) is 8.42 Å². The molecule has 1 aromatic carbocycles. The van der Waals surface area contributed by atoms with E-state index in [0.29, 0.717) is 5.56 Å². The number of thiophene rings is 1. The van der Waals surface area contributed by atoms with Crippen LogP contribution >= 0.6 is 11.3 Å². The molecule has 1 fully saturated rings. The van der Waals surface area contributed by atoms with Crippen LogP contribution in [0.2, 0.25) is 0 Å². The maximum atomic E-state index is 12.7. The van der Waals surface area contributed by atoms with E-state index in [0.717, 1.165) is 0 Å². The van der Waals surface area contributed by atoms with Gasteiger partial charge >= 0.3 is 0 Å². The van der Waals surface area contributed by atoms with Crippen molar-refractivity contribution < 1.29 is 18.1 Å². The van der Waals surface area contributed by atoms with Crippen LogP contribution in [0, 0.1) is 10.1 Å². The summed E-state index contributed by atoms with van der Waals surface area (Å²) in [5.74, 6) is -0.135. The molecule has 3 rings (SSSR count). The maximum absolute atomic E-state index is 12.7. The standard InChI is InChI=1S/C15H15N3O5S2/c19-15(12-5-10-24-11-12)16-6-8-17(9-7-16)25(22,23)14-4-2-1-3-13(14)18(20)21/h1-5,10-11H,6-9H2. The lowest BCUT2D eigenvalue weighted by Crippen LogP contribution is -2.50. The van der Waals surface area contributed by atoms with E-state index < -0.39 is 20.6 Å². The van der Waals surface area contributed by atoms with Gasteiger partial charge in [-0.1, -0.05) is 12.1 Å². The molecule has 10 heteroatoms. The van der Waals surface area contributed by atoms with Gasteiger partial charge in [0.1, 0.15) is 0 Å². The Bertz CT molecular complexity index is 888. The van der Waals surface area contributed by atoms with Crippen LogP contribution in [0.5, 0.6) is 0 Å². The summed E-state index contributed by atoms with van der Waals surface area (Å²) in [4.78, 5) is 24.0. The number of carbonyl (C=O) groups excluding carboxylic acids is 1. The second kappa shape index (κ2) is 6.90. The number of nitrogens with zero attached hydrogens (tertiary/aromatic N) is 3. The third kappa shape index (κ3) is 3.41. The molecule has 25 heavy (non-hydrogen) atoms. The fraction of sp³-hybridized carbons (Fsp3) is 0.267. The van der Waals surface area contributed by atoms with Crippen molar-refractivity contribution in [1.82, 2.24) is 9.21 Å². The maximum Gasteiger partial charge on any atom is 0.289 e. The Morgan fingerprint density at radius 1 is 1.12 bits per heavy atom. The van der Waals surface area contributed by atoms with Gasteiger partial charge in [0.2, 0.25) is 10.0 Å². The lowest BCUT2D eigenvalue weighted by Gasteiger charge is -2.33. The van der Waals surface area contributed by atoms with Gasteiger partial charge in [0.25, 0.3) is 11.6 Å². The summed E-state index contributed by atoms with van der Waals surface area (Å²) < 4.78 is 26.7. The fourth-order valence-electron chi connectivity index (χ4n) is 2.67. The molecule has 1 amide bonds. The second-order valence-electron chi connectivity index (χ2n) is 5.43. The quantitative estimate of drug-likeness (QED) is 0.594. The van der Waals surface area contributed by atoms with Crippen molar-refractivity contribution in [2.24, 2.45) is 0 Å². The lowest BCUT2D eigenvalue weighted by molar-refractivity contribution is -0.387.